The highest BCUT2D eigenvalue weighted by Crippen LogP contribution is 2.24. The Balaban J connectivity index is 1.59. The van der Waals surface area contributed by atoms with Gasteiger partial charge < -0.3 is 10.6 Å². The number of carbonyl (C=O) groups is 1. The Morgan fingerprint density at radius 1 is 0.935 bits per heavy atom. The third kappa shape index (κ3) is 4.92. The van der Waals surface area contributed by atoms with Crippen molar-refractivity contribution in [1.82, 2.24) is 10.3 Å². The van der Waals surface area contributed by atoms with Gasteiger partial charge in [-0.15, -0.1) is 0 Å². The van der Waals surface area contributed by atoms with Gasteiger partial charge in [-0.1, -0.05) is 74.0 Å². The number of hydrogen-bond acceptors (Lipinski definition) is 3. The van der Waals surface area contributed by atoms with Gasteiger partial charge in [0.05, 0.1) is 11.1 Å². The number of aromatic nitrogens is 1. The van der Waals surface area contributed by atoms with Gasteiger partial charge in [-0.25, -0.2) is 4.98 Å². The smallest absolute Gasteiger partial charge is 0.252 e. The Bertz CT molecular complexity index is 1200. The lowest BCUT2D eigenvalue weighted by Crippen LogP contribution is -2.23. The van der Waals surface area contributed by atoms with Gasteiger partial charge >= 0.3 is 0 Å². The van der Waals surface area contributed by atoms with Crippen LogP contribution in [-0.4, -0.2) is 10.9 Å². The van der Waals surface area contributed by atoms with Crippen LogP contribution in [0.5, 0.6) is 0 Å². The molecule has 2 N–H and O–H groups in total. The quantitative estimate of drug-likeness (QED) is 0.391. The molecule has 3 aromatic carbocycles. The van der Waals surface area contributed by atoms with Crippen molar-refractivity contribution in [3.63, 3.8) is 0 Å². The zero-order valence-electron chi connectivity index (χ0n) is 18.1. The number of amides is 1. The Morgan fingerprint density at radius 2 is 1.65 bits per heavy atom. The van der Waals surface area contributed by atoms with Crippen LogP contribution in [-0.2, 0) is 6.54 Å². The molecule has 1 heterocycles. The van der Waals surface area contributed by atoms with Crippen molar-refractivity contribution in [1.29, 1.82) is 0 Å². The summed E-state index contributed by atoms with van der Waals surface area (Å²) in [6.07, 6.45) is 0. The van der Waals surface area contributed by atoms with Gasteiger partial charge in [0.25, 0.3) is 5.91 Å². The maximum absolute atomic E-state index is 13.1. The van der Waals surface area contributed by atoms with E-state index in [1.807, 2.05) is 54.6 Å². The Kier molecular flexibility index (Phi) is 5.99. The van der Waals surface area contributed by atoms with Crippen LogP contribution < -0.4 is 10.6 Å². The molecule has 1 aromatic heterocycles. The van der Waals surface area contributed by atoms with Gasteiger partial charge in [0.2, 0.25) is 0 Å². The minimum atomic E-state index is -0.114. The summed E-state index contributed by atoms with van der Waals surface area (Å²) in [6, 6.07) is 26.0. The lowest BCUT2D eigenvalue weighted by atomic mass is 10.0. The third-order valence-corrected chi connectivity index (χ3v) is 5.38. The summed E-state index contributed by atoms with van der Waals surface area (Å²) in [6.45, 7) is 6.88. The molecule has 0 saturated carbocycles. The molecule has 0 bridgehead atoms. The molecule has 0 atom stereocenters. The van der Waals surface area contributed by atoms with Crippen LogP contribution in [0.15, 0.2) is 78.9 Å². The van der Waals surface area contributed by atoms with Crippen molar-refractivity contribution in [3.05, 3.63) is 101 Å². The average molecular weight is 410 g/mol. The molecule has 4 aromatic rings. The number of nitrogens with one attached hydrogen (secondary N) is 2. The maximum atomic E-state index is 13.1. The topological polar surface area (TPSA) is 54.0 Å². The first-order valence-electron chi connectivity index (χ1n) is 10.6. The van der Waals surface area contributed by atoms with Crippen molar-refractivity contribution >= 4 is 28.3 Å². The number of fused-ring (bicyclic) bond motifs is 1. The fourth-order valence-corrected chi connectivity index (χ4v) is 3.51. The molecule has 4 heteroatoms. The molecule has 156 valence electrons. The van der Waals surface area contributed by atoms with Crippen LogP contribution in [0, 0.1) is 6.92 Å². The lowest BCUT2D eigenvalue weighted by Gasteiger charge is -2.13. The van der Waals surface area contributed by atoms with E-state index in [2.05, 4.69) is 55.7 Å². The van der Waals surface area contributed by atoms with E-state index in [1.54, 1.807) is 0 Å². The summed E-state index contributed by atoms with van der Waals surface area (Å²) >= 11 is 0. The van der Waals surface area contributed by atoms with Crippen LogP contribution in [0.2, 0.25) is 0 Å². The zero-order valence-corrected chi connectivity index (χ0v) is 18.1. The van der Waals surface area contributed by atoms with Gasteiger partial charge in [-0.05, 0) is 48.2 Å². The van der Waals surface area contributed by atoms with Gasteiger partial charge in [-0.2, -0.15) is 0 Å². The predicted molar refractivity (Wildman–Crippen MR) is 128 cm³/mol. The molecule has 4 nitrogen and oxygen atoms in total. The number of para-hydroxylation sites is 1. The molecule has 0 unspecified atom stereocenters. The molecule has 31 heavy (non-hydrogen) atoms. The molecule has 1 amide bonds. The molecular formula is C27H27N3O. The van der Waals surface area contributed by atoms with E-state index in [0.717, 1.165) is 22.2 Å². The van der Waals surface area contributed by atoms with Crippen molar-refractivity contribution in [3.8, 4) is 0 Å². The van der Waals surface area contributed by atoms with E-state index < -0.39 is 0 Å². The molecule has 0 spiro atoms. The summed E-state index contributed by atoms with van der Waals surface area (Å²) in [5, 5.41) is 7.23. The minimum absolute atomic E-state index is 0.114. The number of nitrogens with zero attached hydrogens (tertiary/aromatic N) is 1. The molecule has 0 aliphatic rings. The summed E-state index contributed by atoms with van der Waals surface area (Å²) in [5.41, 5.74) is 5.89. The van der Waals surface area contributed by atoms with Crippen LogP contribution in [0.1, 0.15) is 46.8 Å². The van der Waals surface area contributed by atoms with Gasteiger partial charge in [-0.3, -0.25) is 4.79 Å². The summed E-state index contributed by atoms with van der Waals surface area (Å²) in [7, 11) is 0. The summed E-state index contributed by atoms with van der Waals surface area (Å²) in [4.78, 5) is 17.8. The number of benzene rings is 3. The monoisotopic (exact) mass is 409 g/mol. The van der Waals surface area contributed by atoms with E-state index in [4.69, 9.17) is 4.98 Å². The maximum Gasteiger partial charge on any atom is 0.252 e. The van der Waals surface area contributed by atoms with Crippen LogP contribution in [0.3, 0.4) is 0 Å². The molecule has 0 fully saturated rings. The second kappa shape index (κ2) is 9.00. The molecule has 0 radical (unpaired) electrons. The second-order valence-electron chi connectivity index (χ2n) is 8.14. The standard InChI is InChI=1S/C27H27N3O/c1-18(2)21-12-14-22(15-13-21)29-26-16-24(23-6-4-5-7-25(23)30-26)27(31)28-17-20-10-8-19(3)9-11-20/h4-16,18H,17H2,1-3H3,(H,28,31)(H,29,30). The van der Waals surface area contributed by atoms with Gasteiger partial charge in [0.15, 0.2) is 0 Å². The first kappa shape index (κ1) is 20.6. The van der Waals surface area contributed by atoms with E-state index in [0.29, 0.717) is 23.8 Å². The first-order chi connectivity index (χ1) is 15.0. The normalized spacial score (nSPS) is 11.0. The average Bonchev–Trinajstić information content (AvgIpc) is 2.78. The second-order valence-corrected chi connectivity index (χ2v) is 8.14. The fraction of sp³-hybridized carbons (Fsp3) is 0.185. The molecule has 0 aliphatic carbocycles. The summed E-state index contributed by atoms with van der Waals surface area (Å²) < 4.78 is 0. The van der Waals surface area contributed by atoms with Crippen LogP contribution >= 0.6 is 0 Å². The lowest BCUT2D eigenvalue weighted by molar-refractivity contribution is 0.0952. The number of hydrogen-bond donors (Lipinski definition) is 2. The largest absolute Gasteiger partial charge is 0.348 e. The van der Waals surface area contributed by atoms with Crippen molar-refractivity contribution in [2.45, 2.75) is 33.2 Å². The third-order valence-electron chi connectivity index (χ3n) is 5.38. The highest BCUT2D eigenvalue weighted by molar-refractivity contribution is 6.07. The van der Waals surface area contributed by atoms with Gasteiger partial charge in [0, 0.05) is 17.6 Å². The fourth-order valence-electron chi connectivity index (χ4n) is 3.51. The molecule has 0 saturated heterocycles. The highest BCUT2D eigenvalue weighted by Gasteiger charge is 2.13. The number of anilines is 2. The first-order valence-corrected chi connectivity index (χ1v) is 10.6. The summed E-state index contributed by atoms with van der Waals surface area (Å²) in [5.74, 6) is 1.02. The van der Waals surface area contributed by atoms with Crippen LogP contribution in [0.4, 0.5) is 11.5 Å². The number of rotatable bonds is 6. The highest BCUT2D eigenvalue weighted by atomic mass is 16.1. The van der Waals surface area contributed by atoms with Crippen molar-refractivity contribution in [2.24, 2.45) is 0 Å². The van der Waals surface area contributed by atoms with E-state index in [1.165, 1.54) is 11.1 Å². The molecule has 4 rings (SSSR count). The zero-order chi connectivity index (χ0) is 21.8. The Morgan fingerprint density at radius 3 is 2.35 bits per heavy atom. The number of pyridine rings is 1. The SMILES string of the molecule is Cc1ccc(CNC(=O)c2cc(Nc3ccc(C(C)C)cc3)nc3ccccc23)cc1. The number of aryl methyl sites for hydroxylation is 1. The van der Waals surface area contributed by atoms with Gasteiger partial charge in [0.1, 0.15) is 5.82 Å². The molecular weight excluding hydrogens is 382 g/mol. The van der Waals surface area contributed by atoms with Crippen LogP contribution in [0.25, 0.3) is 10.9 Å². The number of carbonyl (C=O) groups excluding carboxylic acids is 1. The molecule has 0 aliphatic heterocycles. The van der Waals surface area contributed by atoms with E-state index >= 15 is 0 Å². The predicted octanol–water partition coefficient (Wildman–Crippen LogP) is 6.34. The van der Waals surface area contributed by atoms with E-state index in [-0.39, 0.29) is 5.91 Å². The van der Waals surface area contributed by atoms with Crippen molar-refractivity contribution < 1.29 is 4.79 Å². The minimum Gasteiger partial charge on any atom is -0.348 e. The van der Waals surface area contributed by atoms with E-state index in [9.17, 15) is 4.79 Å². The Hall–Kier alpha value is -3.66. The van der Waals surface area contributed by atoms with Crippen molar-refractivity contribution in [2.75, 3.05) is 5.32 Å². The Labute approximate surface area is 183 Å².